The maximum atomic E-state index is 12.3. The summed E-state index contributed by atoms with van der Waals surface area (Å²) in [6.07, 6.45) is 0. The van der Waals surface area contributed by atoms with E-state index < -0.39 is 10.0 Å². The van der Waals surface area contributed by atoms with E-state index in [9.17, 15) is 8.42 Å². The van der Waals surface area contributed by atoms with Gasteiger partial charge in [0.15, 0.2) is 5.52 Å². The van der Waals surface area contributed by atoms with E-state index >= 15 is 0 Å². The molecule has 8 heteroatoms. The van der Waals surface area contributed by atoms with Gasteiger partial charge in [-0.3, -0.25) is 0 Å². The van der Waals surface area contributed by atoms with E-state index in [0.29, 0.717) is 5.52 Å². The van der Waals surface area contributed by atoms with E-state index in [1.54, 1.807) is 12.1 Å². The Morgan fingerprint density at radius 2 is 2.15 bits per heavy atom. The van der Waals surface area contributed by atoms with Gasteiger partial charge in [0.25, 0.3) is 0 Å². The van der Waals surface area contributed by atoms with E-state index in [2.05, 4.69) is 19.7 Å². The van der Waals surface area contributed by atoms with Crippen LogP contribution in [0.15, 0.2) is 39.2 Å². The third-order valence-electron chi connectivity index (χ3n) is 2.93. The SMILES string of the molecule is Cc1ccsc1CNS(=O)(=O)c1cccc2nonc12. The van der Waals surface area contributed by atoms with Gasteiger partial charge in [-0.05, 0) is 46.4 Å². The lowest BCUT2D eigenvalue weighted by Crippen LogP contribution is -2.23. The zero-order valence-electron chi connectivity index (χ0n) is 10.5. The Bertz CT molecular complexity index is 852. The predicted octanol–water partition coefficient (Wildman–Crippen LogP) is 2.07. The molecule has 3 rings (SSSR count). The summed E-state index contributed by atoms with van der Waals surface area (Å²) in [6.45, 7) is 2.20. The van der Waals surface area contributed by atoms with Crippen molar-refractivity contribution in [2.24, 2.45) is 0 Å². The van der Waals surface area contributed by atoms with Crippen molar-refractivity contribution in [3.8, 4) is 0 Å². The highest BCUT2D eigenvalue weighted by Gasteiger charge is 2.20. The number of aromatic nitrogens is 2. The van der Waals surface area contributed by atoms with Crippen molar-refractivity contribution < 1.29 is 13.0 Å². The molecule has 0 unspecified atom stereocenters. The Morgan fingerprint density at radius 1 is 1.30 bits per heavy atom. The normalized spacial score (nSPS) is 12.1. The van der Waals surface area contributed by atoms with Crippen LogP contribution in [0.2, 0.25) is 0 Å². The Morgan fingerprint density at radius 3 is 2.90 bits per heavy atom. The Labute approximate surface area is 119 Å². The first-order valence-corrected chi connectivity index (χ1v) is 8.18. The molecule has 0 fully saturated rings. The summed E-state index contributed by atoms with van der Waals surface area (Å²) in [4.78, 5) is 1.06. The van der Waals surface area contributed by atoms with E-state index in [4.69, 9.17) is 0 Å². The molecule has 3 aromatic rings. The average molecular weight is 309 g/mol. The van der Waals surface area contributed by atoms with Gasteiger partial charge in [-0.1, -0.05) is 6.07 Å². The zero-order chi connectivity index (χ0) is 14.2. The summed E-state index contributed by atoms with van der Waals surface area (Å²) in [6, 6.07) is 6.69. The average Bonchev–Trinajstić information content (AvgIpc) is 3.04. The van der Waals surface area contributed by atoms with E-state index in [0.717, 1.165) is 10.4 Å². The molecule has 0 saturated carbocycles. The van der Waals surface area contributed by atoms with Crippen molar-refractivity contribution in [1.29, 1.82) is 0 Å². The maximum absolute atomic E-state index is 12.3. The number of nitrogens with one attached hydrogen (secondary N) is 1. The molecular formula is C12H11N3O3S2. The zero-order valence-corrected chi connectivity index (χ0v) is 12.2. The lowest BCUT2D eigenvalue weighted by atomic mass is 10.3. The fourth-order valence-electron chi connectivity index (χ4n) is 1.82. The van der Waals surface area contributed by atoms with E-state index in [1.807, 2.05) is 18.4 Å². The molecule has 2 aromatic heterocycles. The van der Waals surface area contributed by atoms with Gasteiger partial charge in [-0.25, -0.2) is 17.8 Å². The highest BCUT2D eigenvalue weighted by Crippen LogP contribution is 2.21. The Kier molecular flexibility index (Phi) is 3.28. The number of benzene rings is 1. The number of nitrogens with zero attached hydrogens (tertiary/aromatic N) is 2. The van der Waals surface area contributed by atoms with Crippen LogP contribution in [0.3, 0.4) is 0 Å². The van der Waals surface area contributed by atoms with Crippen LogP contribution in [-0.4, -0.2) is 18.7 Å². The number of aryl methyl sites for hydroxylation is 1. The lowest BCUT2D eigenvalue weighted by Gasteiger charge is -2.06. The minimum Gasteiger partial charge on any atom is -0.243 e. The number of sulfonamides is 1. The number of hydrogen-bond acceptors (Lipinski definition) is 6. The summed E-state index contributed by atoms with van der Waals surface area (Å²) >= 11 is 1.52. The number of hydrogen-bond donors (Lipinski definition) is 1. The van der Waals surface area contributed by atoms with Gasteiger partial charge in [0.05, 0.1) is 0 Å². The molecule has 6 nitrogen and oxygen atoms in total. The molecule has 1 N–H and O–H groups in total. The van der Waals surface area contributed by atoms with Crippen LogP contribution in [0.25, 0.3) is 11.0 Å². The minimum atomic E-state index is -3.66. The predicted molar refractivity (Wildman–Crippen MR) is 74.9 cm³/mol. The molecule has 0 saturated heterocycles. The summed E-state index contributed by atoms with van der Waals surface area (Å²) in [5, 5.41) is 9.22. The van der Waals surface area contributed by atoms with Crippen molar-refractivity contribution in [1.82, 2.24) is 15.0 Å². The van der Waals surface area contributed by atoms with Crippen molar-refractivity contribution >= 4 is 32.4 Å². The smallest absolute Gasteiger partial charge is 0.243 e. The second-order valence-electron chi connectivity index (χ2n) is 4.24. The fraction of sp³-hybridized carbons (Fsp3) is 0.167. The van der Waals surface area contributed by atoms with Gasteiger partial charge in [0, 0.05) is 11.4 Å². The van der Waals surface area contributed by atoms with Gasteiger partial charge in [-0.15, -0.1) is 11.3 Å². The van der Waals surface area contributed by atoms with Gasteiger partial charge >= 0.3 is 0 Å². The lowest BCUT2D eigenvalue weighted by molar-refractivity contribution is 0.315. The summed E-state index contributed by atoms with van der Waals surface area (Å²) < 4.78 is 31.8. The minimum absolute atomic E-state index is 0.0745. The van der Waals surface area contributed by atoms with Crippen molar-refractivity contribution in [2.45, 2.75) is 18.4 Å². The molecule has 1 aromatic carbocycles. The molecule has 0 aliphatic heterocycles. The van der Waals surface area contributed by atoms with Crippen molar-refractivity contribution in [2.75, 3.05) is 0 Å². The van der Waals surface area contributed by atoms with Crippen LogP contribution in [0, 0.1) is 6.92 Å². The standard InChI is InChI=1S/C12H11N3O3S2/c1-8-5-6-19-10(8)7-13-20(16,17)11-4-2-3-9-12(11)15-18-14-9/h2-6,13H,7H2,1H3. The molecular weight excluding hydrogens is 298 g/mol. The number of fused-ring (bicyclic) bond motifs is 1. The first-order chi connectivity index (χ1) is 9.58. The quantitative estimate of drug-likeness (QED) is 0.797. The molecule has 0 radical (unpaired) electrons. The van der Waals surface area contributed by atoms with Crippen LogP contribution in [-0.2, 0) is 16.6 Å². The maximum Gasteiger partial charge on any atom is 0.243 e. The topological polar surface area (TPSA) is 85.1 Å². The Balaban J connectivity index is 1.92. The fourth-order valence-corrected chi connectivity index (χ4v) is 3.90. The molecule has 0 spiro atoms. The molecule has 104 valence electrons. The van der Waals surface area contributed by atoms with Crippen LogP contribution >= 0.6 is 11.3 Å². The monoisotopic (exact) mass is 309 g/mol. The second kappa shape index (κ2) is 4.97. The first kappa shape index (κ1) is 13.2. The van der Waals surface area contributed by atoms with Crippen LogP contribution < -0.4 is 4.72 Å². The number of rotatable bonds is 4. The van der Waals surface area contributed by atoms with Crippen LogP contribution in [0.4, 0.5) is 0 Å². The molecule has 20 heavy (non-hydrogen) atoms. The third kappa shape index (κ3) is 2.33. The summed E-state index contributed by atoms with van der Waals surface area (Å²) in [5.74, 6) is 0. The summed E-state index contributed by atoms with van der Waals surface area (Å²) in [7, 11) is -3.66. The molecule has 0 aliphatic carbocycles. The second-order valence-corrected chi connectivity index (χ2v) is 6.98. The van der Waals surface area contributed by atoms with Gasteiger partial charge < -0.3 is 0 Å². The van der Waals surface area contributed by atoms with Crippen molar-refractivity contribution in [3.05, 3.63) is 40.1 Å². The molecule has 0 amide bonds. The largest absolute Gasteiger partial charge is 0.243 e. The molecule has 0 atom stereocenters. The third-order valence-corrected chi connectivity index (χ3v) is 5.39. The molecule has 2 heterocycles. The first-order valence-electron chi connectivity index (χ1n) is 5.82. The molecule has 0 aliphatic rings. The summed E-state index contributed by atoms with van der Waals surface area (Å²) in [5.41, 5.74) is 1.72. The van der Waals surface area contributed by atoms with E-state index in [1.165, 1.54) is 17.4 Å². The highest BCUT2D eigenvalue weighted by molar-refractivity contribution is 7.89. The van der Waals surface area contributed by atoms with Gasteiger partial charge in [0.1, 0.15) is 10.4 Å². The number of thiophene rings is 1. The van der Waals surface area contributed by atoms with Crippen LogP contribution in [0.1, 0.15) is 10.4 Å². The van der Waals surface area contributed by atoms with Crippen LogP contribution in [0.5, 0.6) is 0 Å². The van der Waals surface area contributed by atoms with Gasteiger partial charge in [0.2, 0.25) is 10.0 Å². The Hall–Kier alpha value is -1.77. The van der Waals surface area contributed by atoms with Crippen molar-refractivity contribution in [3.63, 3.8) is 0 Å². The molecule has 0 bridgehead atoms. The van der Waals surface area contributed by atoms with E-state index in [-0.39, 0.29) is 17.0 Å². The van der Waals surface area contributed by atoms with Gasteiger partial charge in [-0.2, -0.15) is 0 Å². The highest BCUT2D eigenvalue weighted by atomic mass is 32.2.